The van der Waals surface area contributed by atoms with Crippen molar-refractivity contribution in [1.82, 2.24) is 4.31 Å². The topological polar surface area (TPSA) is 63.7 Å². The van der Waals surface area contributed by atoms with Gasteiger partial charge in [-0.1, -0.05) is 23.1 Å². The first kappa shape index (κ1) is 11.6. The van der Waals surface area contributed by atoms with Crippen molar-refractivity contribution in [3.63, 3.8) is 0 Å². The molecule has 0 bridgehead atoms. The van der Waals surface area contributed by atoms with Crippen LogP contribution in [0.2, 0.25) is 0 Å². The molecular weight excluding hydrogens is 237 g/mol. The van der Waals surface area contributed by atoms with Crippen LogP contribution in [-0.2, 0) is 15.1 Å². The summed E-state index contributed by atoms with van der Waals surface area (Å²) in [5.41, 5.74) is 0. The number of carbonyl (C=O) groups excluding carboxylic acids is 1. The molecule has 2 aliphatic rings. The fraction of sp³-hybridized carbons (Fsp3) is 0.889. The summed E-state index contributed by atoms with van der Waals surface area (Å²) in [5, 5.41) is 0. The molecule has 1 atom stereocenters. The van der Waals surface area contributed by atoms with E-state index in [9.17, 15) is 17.1 Å². The number of hydrogen-bond acceptors (Lipinski definition) is 4. The van der Waals surface area contributed by atoms with Gasteiger partial charge in [-0.15, -0.1) is 0 Å². The van der Waals surface area contributed by atoms with E-state index in [1.807, 2.05) is 0 Å². The second kappa shape index (κ2) is 4.20. The molecule has 1 saturated heterocycles. The van der Waals surface area contributed by atoms with E-state index in [4.69, 9.17) is 0 Å². The van der Waals surface area contributed by atoms with Crippen LogP contribution in [0.15, 0.2) is 0 Å². The van der Waals surface area contributed by atoms with Gasteiger partial charge in [-0.2, -0.15) is 12.7 Å². The first-order chi connectivity index (χ1) is 7.50. The van der Waals surface area contributed by atoms with Gasteiger partial charge >= 0.3 is 16.5 Å². The number of amides is 1. The summed E-state index contributed by atoms with van der Waals surface area (Å²) < 4.78 is 39.6. The minimum atomic E-state index is -4.99. The normalized spacial score (nSPS) is 28.2. The van der Waals surface area contributed by atoms with Crippen LogP contribution >= 0.6 is 0 Å². The minimum Gasteiger partial charge on any atom is -0.446 e. The maximum Gasteiger partial charge on any atom is 0.426 e. The third-order valence-corrected chi connectivity index (χ3v) is 4.18. The number of hydrogen-bond donors (Lipinski definition) is 0. The SMILES string of the molecule is O=C1OCC(C2CCCCC2)N1S(=O)(=O)F. The van der Waals surface area contributed by atoms with E-state index in [1.165, 1.54) is 0 Å². The molecule has 7 heteroatoms. The van der Waals surface area contributed by atoms with E-state index in [0.29, 0.717) is 0 Å². The molecule has 0 N–H and O–H groups in total. The summed E-state index contributed by atoms with van der Waals surface area (Å²) in [6.45, 7) is -0.0212. The number of rotatable bonds is 2. The highest BCUT2D eigenvalue weighted by atomic mass is 32.3. The molecule has 1 heterocycles. The summed E-state index contributed by atoms with van der Waals surface area (Å²) in [5.74, 6) is 0.0331. The van der Waals surface area contributed by atoms with E-state index in [0.717, 1.165) is 32.1 Å². The molecule has 0 aromatic rings. The number of halogens is 1. The summed E-state index contributed by atoms with van der Waals surface area (Å²) in [4.78, 5) is 11.2. The van der Waals surface area contributed by atoms with Gasteiger partial charge in [0.1, 0.15) is 6.61 Å². The van der Waals surface area contributed by atoms with Gasteiger partial charge in [0.25, 0.3) is 0 Å². The average molecular weight is 251 g/mol. The summed E-state index contributed by atoms with van der Waals surface area (Å²) in [6.07, 6.45) is 3.67. The smallest absolute Gasteiger partial charge is 0.426 e. The van der Waals surface area contributed by atoms with E-state index < -0.39 is 22.5 Å². The average Bonchev–Trinajstić information content (AvgIpc) is 2.61. The second-order valence-corrected chi connectivity index (χ2v) is 5.50. The highest BCUT2D eigenvalue weighted by Crippen LogP contribution is 2.33. The maximum atomic E-state index is 12.9. The van der Waals surface area contributed by atoms with Crippen molar-refractivity contribution in [2.75, 3.05) is 6.61 Å². The van der Waals surface area contributed by atoms with Crippen molar-refractivity contribution in [2.45, 2.75) is 38.1 Å². The van der Waals surface area contributed by atoms with Crippen LogP contribution in [0.1, 0.15) is 32.1 Å². The quantitative estimate of drug-likeness (QED) is 0.699. The highest BCUT2D eigenvalue weighted by molar-refractivity contribution is 7.84. The molecule has 1 aliphatic heterocycles. The summed E-state index contributed by atoms with van der Waals surface area (Å²) in [7, 11) is -4.99. The zero-order valence-corrected chi connectivity index (χ0v) is 9.58. The lowest BCUT2D eigenvalue weighted by atomic mass is 9.84. The van der Waals surface area contributed by atoms with E-state index in [1.54, 1.807) is 0 Å². The summed E-state index contributed by atoms with van der Waals surface area (Å²) >= 11 is 0. The van der Waals surface area contributed by atoms with Gasteiger partial charge in [0.2, 0.25) is 0 Å². The Morgan fingerprint density at radius 2 is 1.88 bits per heavy atom. The molecule has 16 heavy (non-hydrogen) atoms. The summed E-state index contributed by atoms with van der Waals surface area (Å²) in [6, 6.07) is -0.650. The van der Waals surface area contributed by atoms with Crippen molar-refractivity contribution >= 4 is 16.5 Å². The number of cyclic esters (lactones) is 1. The fourth-order valence-corrected chi connectivity index (χ4v) is 3.31. The van der Waals surface area contributed by atoms with Crippen molar-refractivity contribution in [1.29, 1.82) is 0 Å². The fourth-order valence-electron chi connectivity index (χ4n) is 2.52. The van der Waals surface area contributed by atoms with Crippen molar-refractivity contribution in [3.05, 3.63) is 0 Å². The van der Waals surface area contributed by atoms with Gasteiger partial charge in [0.05, 0.1) is 6.04 Å². The van der Waals surface area contributed by atoms with Gasteiger partial charge in [-0.25, -0.2) is 4.79 Å². The predicted molar refractivity (Wildman–Crippen MR) is 53.6 cm³/mol. The van der Waals surface area contributed by atoms with Crippen molar-refractivity contribution < 1.29 is 21.8 Å². The van der Waals surface area contributed by atoms with Crippen LogP contribution in [0.25, 0.3) is 0 Å². The van der Waals surface area contributed by atoms with Crippen LogP contribution in [0, 0.1) is 5.92 Å². The van der Waals surface area contributed by atoms with E-state index in [2.05, 4.69) is 4.74 Å². The Hall–Kier alpha value is -0.850. The molecule has 92 valence electrons. The Kier molecular flexibility index (Phi) is 3.05. The first-order valence-electron chi connectivity index (χ1n) is 5.41. The molecule has 2 fully saturated rings. The Labute approximate surface area is 93.9 Å². The van der Waals surface area contributed by atoms with Gasteiger partial charge in [0, 0.05) is 0 Å². The molecular formula is C9H14FNO4S. The Balaban J connectivity index is 2.17. The lowest BCUT2D eigenvalue weighted by molar-refractivity contribution is 0.169. The minimum absolute atomic E-state index is 0.0212. The van der Waals surface area contributed by atoms with Gasteiger partial charge in [-0.05, 0) is 18.8 Å². The lowest BCUT2D eigenvalue weighted by Gasteiger charge is -2.28. The second-order valence-electron chi connectivity index (χ2n) is 4.28. The van der Waals surface area contributed by atoms with Crippen LogP contribution in [0.3, 0.4) is 0 Å². The lowest BCUT2D eigenvalue weighted by Crippen LogP contribution is -2.41. The van der Waals surface area contributed by atoms with Crippen LogP contribution in [0.4, 0.5) is 8.68 Å². The zero-order chi connectivity index (χ0) is 11.8. The number of carbonyl (C=O) groups is 1. The van der Waals surface area contributed by atoms with Crippen LogP contribution < -0.4 is 0 Å². The third kappa shape index (κ3) is 2.14. The molecule has 2 rings (SSSR count). The number of ether oxygens (including phenoxy) is 1. The van der Waals surface area contributed by atoms with Crippen molar-refractivity contribution in [3.8, 4) is 0 Å². The largest absolute Gasteiger partial charge is 0.446 e. The van der Waals surface area contributed by atoms with E-state index >= 15 is 0 Å². The Morgan fingerprint density at radius 1 is 1.25 bits per heavy atom. The first-order valence-corrected chi connectivity index (χ1v) is 6.75. The molecule has 1 saturated carbocycles. The third-order valence-electron chi connectivity index (χ3n) is 3.29. The molecule has 1 amide bonds. The Morgan fingerprint density at radius 3 is 2.44 bits per heavy atom. The standard InChI is InChI=1S/C9H14FNO4S/c10-16(13,14)11-8(6-15-9(11)12)7-4-2-1-3-5-7/h7-8H,1-6H2. The maximum absolute atomic E-state index is 12.9. The Bertz CT molecular complexity index is 377. The van der Waals surface area contributed by atoms with Crippen LogP contribution in [-0.4, -0.2) is 31.5 Å². The molecule has 1 aliphatic carbocycles. The predicted octanol–water partition coefficient (Wildman–Crippen LogP) is 1.60. The van der Waals surface area contributed by atoms with E-state index in [-0.39, 0.29) is 16.8 Å². The monoisotopic (exact) mass is 251 g/mol. The number of nitrogens with zero attached hydrogens (tertiary/aromatic N) is 1. The van der Waals surface area contributed by atoms with Crippen LogP contribution in [0.5, 0.6) is 0 Å². The molecule has 1 unspecified atom stereocenters. The highest BCUT2D eigenvalue weighted by Gasteiger charge is 2.45. The molecule has 0 aromatic carbocycles. The van der Waals surface area contributed by atoms with Gasteiger partial charge in [0.15, 0.2) is 0 Å². The molecule has 0 aromatic heterocycles. The van der Waals surface area contributed by atoms with Gasteiger partial charge in [-0.3, -0.25) is 0 Å². The molecule has 0 radical (unpaired) electrons. The molecule has 0 spiro atoms. The molecule has 5 nitrogen and oxygen atoms in total. The zero-order valence-electron chi connectivity index (χ0n) is 8.76. The van der Waals surface area contributed by atoms with Crippen molar-refractivity contribution in [2.24, 2.45) is 5.92 Å². The van der Waals surface area contributed by atoms with Gasteiger partial charge < -0.3 is 4.74 Å².